The number of likely N-dealkylation sites (N-methyl/N-ethyl adjacent to an activating group) is 1. The van der Waals surface area contributed by atoms with Gasteiger partial charge in [-0.1, -0.05) is 17.7 Å². The number of hydrogen-bond acceptors (Lipinski definition) is 2. The second-order valence-corrected chi connectivity index (χ2v) is 4.61. The van der Waals surface area contributed by atoms with E-state index in [4.69, 9.17) is 0 Å². The summed E-state index contributed by atoms with van der Waals surface area (Å²) >= 11 is 0. The van der Waals surface area contributed by atoms with Crippen LogP contribution in [0.15, 0.2) is 24.3 Å². The second-order valence-electron chi connectivity index (χ2n) is 4.61. The van der Waals surface area contributed by atoms with Gasteiger partial charge in [-0.2, -0.15) is 0 Å². The van der Waals surface area contributed by atoms with Crippen molar-refractivity contribution < 1.29 is 0 Å². The highest BCUT2D eigenvalue weighted by Gasteiger charge is 2.20. The van der Waals surface area contributed by atoms with E-state index in [2.05, 4.69) is 55.0 Å². The van der Waals surface area contributed by atoms with Crippen LogP contribution in [0.5, 0.6) is 0 Å². The summed E-state index contributed by atoms with van der Waals surface area (Å²) in [6.07, 6.45) is 0. The fourth-order valence-corrected chi connectivity index (χ4v) is 2.04. The first-order valence-corrected chi connectivity index (χ1v) is 5.68. The van der Waals surface area contributed by atoms with Crippen LogP contribution in [0.2, 0.25) is 0 Å². The van der Waals surface area contributed by atoms with E-state index in [0.29, 0.717) is 6.04 Å². The molecule has 2 rings (SSSR count). The first-order valence-electron chi connectivity index (χ1n) is 5.68. The SMILES string of the molecule is Cc1ccc(N2CCN(C)[C@@H](C)C2)cc1. The monoisotopic (exact) mass is 204 g/mol. The lowest BCUT2D eigenvalue weighted by atomic mass is 10.1. The highest BCUT2D eigenvalue weighted by atomic mass is 15.3. The average molecular weight is 204 g/mol. The molecule has 1 aliphatic rings. The van der Waals surface area contributed by atoms with Gasteiger partial charge in [0.05, 0.1) is 0 Å². The van der Waals surface area contributed by atoms with Crippen molar-refractivity contribution in [3.05, 3.63) is 29.8 Å². The van der Waals surface area contributed by atoms with Gasteiger partial charge in [0.25, 0.3) is 0 Å². The summed E-state index contributed by atoms with van der Waals surface area (Å²) in [6.45, 7) is 7.87. The predicted octanol–water partition coefficient (Wildman–Crippen LogP) is 2.14. The Kier molecular flexibility index (Phi) is 2.96. The third kappa shape index (κ3) is 2.32. The number of nitrogens with zero attached hydrogens (tertiary/aromatic N) is 2. The Bertz CT molecular complexity index is 318. The van der Waals surface area contributed by atoms with E-state index in [1.54, 1.807) is 0 Å². The zero-order chi connectivity index (χ0) is 10.8. The van der Waals surface area contributed by atoms with E-state index in [0.717, 1.165) is 19.6 Å². The molecule has 1 saturated heterocycles. The summed E-state index contributed by atoms with van der Waals surface area (Å²) in [6, 6.07) is 9.50. The molecule has 0 spiro atoms. The maximum atomic E-state index is 2.48. The van der Waals surface area contributed by atoms with Crippen LogP contribution in [0.4, 0.5) is 5.69 Å². The van der Waals surface area contributed by atoms with Gasteiger partial charge in [-0.15, -0.1) is 0 Å². The highest BCUT2D eigenvalue weighted by Crippen LogP contribution is 2.18. The van der Waals surface area contributed by atoms with Gasteiger partial charge in [0, 0.05) is 31.4 Å². The van der Waals surface area contributed by atoms with Gasteiger partial charge in [0.1, 0.15) is 0 Å². The molecule has 2 heteroatoms. The van der Waals surface area contributed by atoms with Gasteiger partial charge >= 0.3 is 0 Å². The standard InChI is InChI=1S/C13H20N2/c1-11-4-6-13(7-5-11)15-9-8-14(3)12(2)10-15/h4-7,12H,8-10H2,1-3H3/t12-/m0/s1. The number of aryl methyl sites for hydroxylation is 1. The molecule has 1 aromatic carbocycles. The Balaban J connectivity index is 2.08. The number of anilines is 1. The Morgan fingerprint density at radius 1 is 1.13 bits per heavy atom. The third-order valence-corrected chi connectivity index (χ3v) is 3.36. The van der Waals surface area contributed by atoms with Crippen LogP contribution in [-0.2, 0) is 0 Å². The molecule has 0 amide bonds. The van der Waals surface area contributed by atoms with Crippen molar-refractivity contribution in [1.29, 1.82) is 0 Å². The number of hydrogen-bond donors (Lipinski definition) is 0. The highest BCUT2D eigenvalue weighted by molar-refractivity contribution is 5.48. The molecular formula is C13H20N2. The van der Waals surface area contributed by atoms with Crippen molar-refractivity contribution in [2.45, 2.75) is 19.9 Å². The summed E-state index contributed by atoms with van der Waals surface area (Å²) < 4.78 is 0. The lowest BCUT2D eigenvalue weighted by Gasteiger charge is -2.39. The quantitative estimate of drug-likeness (QED) is 0.691. The first-order chi connectivity index (χ1) is 7.16. The largest absolute Gasteiger partial charge is 0.369 e. The van der Waals surface area contributed by atoms with Gasteiger partial charge in [0.2, 0.25) is 0 Å². The molecule has 0 bridgehead atoms. The van der Waals surface area contributed by atoms with Gasteiger partial charge in [0.15, 0.2) is 0 Å². The minimum atomic E-state index is 0.653. The summed E-state index contributed by atoms with van der Waals surface area (Å²) in [4.78, 5) is 4.90. The van der Waals surface area contributed by atoms with Gasteiger partial charge in [-0.05, 0) is 33.0 Å². The van der Waals surface area contributed by atoms with Crippen LogP contribution in [0, 0.1) is 6.92 Å². The molecule has 0 saturated carbocycles. The summed E-state index contributed by atoms with van der Waals surface area (Å²) in [5.74, 6) is 0. The van der Waals surface area contributed by atoms with Crippen molar-refractivity contribution in [3.63, 3.8) is 0 Å². The molecule has 82 valence electrons. The topological polar surface area (TPSA) is 6.48 Å². The molecule has 0 radical (unpaired) electrons. The molecule has 1 aliphatic heterocycles. The summed E-state index contributed by atoms with van der Waals surface area (Å²) in [7, 11) is 2.21. The smallest absolute Gasteiger partial charge is 0.0367 e. The van der Waals surface area contributed by atoms with Gasteiger partial charge in [-0.3, -0.25) is 0 Å². The van der Waals surface area contributed by atoms with Crippen LogP contribution >= 0.6 is 0 Å². The Morgan fingerprint density at radius 2 is 1.80 bits per heavy atom. The van der Waals surface area contributed by atoms with E-state index >= 15 is 0 Å². The Hall–Kier alpha value is -1.02. The molecule has 0 aliphatic carbocycles. The fraction of sp³-hybridized carbons (Fsp3) is 0.538. The number of rotatable bonds is 1. The van der Waals surface area contributed by atoms with Crippen LogP contribution in [0.25, 0.3) is 0 Å². The van der Waals surface area contributed by atoms with Crippen molar-refractivity contribution in [1.82, 2.24) is 4.90 Å². The Labute approximate surface area is 92.5 Å². The second kappa shape index (κ2) is 4.23. The van der Waals surface area contributed by atoms with Crippen LogP contribution in [-0.4, -0.2) is 37.6 Å². The van der Waals surface area contributed by atoms with Crippen molar-refractivity contribution in [2.75, 3.05) is 31.6 Å². The van der Waals surface area contributed by atoms with E-state index in [1.807, 2.05) is 0 Å². The molecule has 1 fully saturated rings. The number of benzene rings is 1. The van der Waals surface area contributed by atoms with E-state index < -0.39 is 0 Å². The lowest BCUT2D eigenvalue weighted by molar-refractivity contribution is 0.234. The van der Waals surface area contributed by atoms with E-state index in [1.165, 1.54) is 11.3 Å². The normalized spacial score (nSPS) is 23.1. The molecule has 0 aromatic heterocycles. The first kappa shape index (κ1) is 10.5. The molecule has 0 N–H and O–H groups in total. The molecule has 1 heterocycles. The average Bonchev–Trinajstić information content (AvgIpc) is 2.23. The van der Waals surface area contributed by atoms with Gasteiger partial charge in [-0.25, -0.2) is 0 Å². The van der Waals surface area contributed by atoms with Crippen molar-refractivity contribution in [2.24, 2.45) is 0 Å². The molecule has 1 atom stereocenters. The summed E-state index contributed by atoms with van der Waals surface area (Å²) in [5, 5.41) is 0. The minimum absolute atomic E-state index is 0.653. The van der Waals surface area contributed by atoms with E-state index in [9.17, 15) is 0 Å². The van der Waals surface area contributed by atoms with Crippen LogP contribution in [0.3, 0.4) is 0 Å². The maximum Gasteiger partial charge on any atom is 0.0367 e. The van der Waals surface area contributed by atoms with Gasteiger partial charge < -0.3 is 9.80 Å². The van der Waals surface area contributed by atoms with Crippen LogP contribution < -0.4 is 4.90 Å². The predicted molar refractivity (Wildman–Crippen MR) is 65.5 cm³/mol. The summed E-state index contributed by atoms with van der Waals surface area (Å²) in [5.41, 5.74) is 2.70. The zero-order valence-electron chi connectivity index (χ0n) is 9.90. The molecule has 15 heavy (non-hydrogen) atoms. The molecule has 1 aromatic rings. The lowest BCUT2D eigenvalue weighted by Crippen LogP contribution is -2.50. The number of piperazine rings is 1. The zero-order valence-corrected chi connectivity index (χ0v) is 9.90. The fourth-order valence-electron chi connectivity index (χ4n) is 2.04. The Morgan fingerprint density at radius 3 is 2.40 bits per heavy atom. The maximum absolute atomic E-state index is 2.48. The molecular weight excluding hydrogens is 184 g/mol. The minimum Gasteiger partial charge on any atom is -0.369 e. The van der Waals surface area contributed by atoms with Crippen LogP contribution in [0.1, 0.15) is 12.5 Å². The van der Waals surface area contributed by atoms with E-state index in [-0.39, 0.29) is 0 Å². The third-order valence-electron chi connectivity index (χ3n) is 3.36. The molecule has 0 unspecified atom stereocenters. The van der Waals surface area contributed by atoms with Crippen molar-refractivity contribution in [3.8, 4) is 0 Å². The molecule has 2 nitrogen and oxygen atoms in total. The van der Waals surface area contributed by atoms with Crippen molar-refractivity contribution >= 4 is 5.69 Å².